The van der Waals surface area contributed by atoms with E-state index in [0.29, 0.717) is 12.4 Å². The molecule has 1 heterocycles. The average molecular weight is 354 g/mol. The molecule has 0 amide bonds. The molecule has 0 aliphatic carbocycles. The predicted molar refractivity (Wildman–Crippen MR) is 111 cm³/mol. The molecule has 26 heavy (non-hydrogen) atoms. The number of ether oxygens (including phenoxy) is 1. The maximum Gasteiger partial charge on any atom is 0.293 e. The molecule has 2 aromatic rings. The SMILES string of the molecule is CCCCn1c(=O)c(OC/C=C(\C)CCC=C(C)C)cc2ccccc21. The Labute approximate surface area is 157 Å². The molecular formula is C23H31NO2. The molecule has 0 atom stereocenters. The van der Waals surface area contributed by atoms with E-state index < -0.39 is 0 Å². The molecule has 1 aromatic carbocycles. The van der Waals surface area contributed by atoms with Gasteiger partial charge in [-0.2, -0.15) is 0 Å². The summed E-state index contributed by atoms with van der Waals surface area (Å²) >= 11 is 0. The zero-order valence-electron chi connectivity index (χ0n) is 16.5. The number of rotatable bonds is 9. The number of unbranched alkanes of at least 4 members (excludes halogenated alkanes) is 1. The Balaban J connectivity index is 2.15. The van der Waals surface area contributed by atoms with Crippen molar-refractivity contribution in [3.63, 3.8) is 0 Å². The van der Waals surface area contributed by atoms with E-state index in [1.165, 1.54) is 11.1 Å². The lowest BCUT2D eigenvalue weighted by Crippen LogP contribution is -2.22. The minimum absolute atomic E-state index is 0.0345. The van der Waals surface area contributed by atoms with Gasteiger partial charge in [0.05, 0.1) is 5.52 Å². The first-order valence-electron chi connectivity index (χ1n) is 9.57. The molecule has 0 aliphatic heterocycles. The molecule has 0 fully saturated rings. The van der Waals surface area contributed by atoms with E-state index in [0.717, 1.165) is 43.1 Å². The summed E-state index contributed by atoms with van der Waals surface area (Å²) < 4.78 is 7.69. The zero-order chi connectivity index (χ0) is 18.9. The molecule has 140 valence electrons. The Kier molecular flexibility index (Phi) is 7.71. The molecule has 2 rings (SSSR count). The molecule has 0 saturated heterocycles. The van der Waals surface area contributed by atoms with Crippen molar-refractivity contribution in [2.24, 2.45) is 0 Å². The fraction of sp³-hybridized carbons (Fsp3) is 0.435. The van der Waals surface area contributed by atoms with E-state index in [2.05, 4.69) is 39.8 Å². The van der Waals surface area contributed by atoms with Crippen molar-refractivity contribution in [3.8, 4) is 5.75 Å². The van der Waals surface area contributed by atoms with Gasteiger partial charge in [-0.1, -0.05) is 48.8 Å². The fourth-order valence-corrected chi connectivity index (χ4v) is 2.91. The van der Waals surface area contributed by atoms with Crippen LogP contribution in [0.15, 0.2) is 58.4 Å². The van der Waals surface area contributed by atoms with Crippen molar-refractivity contribution >= 4 is 10.9 Å². The van der Waals surface area contributed by atoms with Gasteiger partial charge in [0.1, 0.15) is 6.61 Å². The minimum Gasteiger partial charge on any atom is -0.484 e. The van der Waals surface area contributed by atoms with Gasteiger partial charge in [0.25, 0.3) is 5.56 Å². The van der Waals surface area contributed by atoms with Crippen LogP contribution in [0.3, 0.4) is 0 Å². The average Bonchev–Trinajstić information content (AvgIpc) is 2.61. The highest BCUT2D eigenvalue weighted by Crippen LogP contribution is 2.18. The van der Waals surface area contributed by atoms with Crippen LogP contribution in [0.5, 0.6) is 5.75 Å². The molecule has 3 nitrogen and oxygen atoms in total. The van der Waals surface area contributed by atoms with Gasteiger partial charge >= 0.3 is 0 Å². The van der Waals surface area contributed by atoms with Crippen LogP contribution in [0.1, 0.15) is 53.4 Å². The van der Waals surface area contributed by atoms with Crippen LogP contribution in [0, 0.1) is 0 Å². The van der Waals surface area contributed by atoms with Gasteiger partial charge in [0.15, 0.2) is 5.75 Å². The lowest BCUT2D eigenvalue weighted by molar-refractivity contribution is 0.353. The topological polar surface area (TPSA) is 31.2 Å². The van der Waals surface area contributed by atoms with Gasteiger partial charge in [-0.05, 0) is 58.2 Å². The molecular weight excluding hydrogens is 322 g/mol. The number of aryl methyl sites for hydroxylation is 1. The Hall–Kier alpha value is -2.29. The van der Waals surface area contributed by atoms with Gasteiger partial charge in [0, 0.05) is 11.9 Å². The van der Waals surface area contributed by atoms with Crippen molar-refractivity contribution in [1.29, 1.82) is 0 Å². The number of para-hydroxylation sites is 1. The van der Waals surface area contributed by atoms with E-state index in [1.807, 2.05) is 34.9 Å². The maximum atomic E-state index is 12.8. The molecule has 0 bridgehead atoms. The summed E-state index contributed by atoms with van der Waals surface area (Å²) in [5, 5.41) is 1.04. The predicted octanol–water partition coefficient (Wildman–Crippen LogP) is 5.87. The highest BCUT2D eigenvalue weighted by Gasteiger charge is 2.09. The van der Waals surface area contributed by atoms with Gasteiger partial charge in [-0.25, -0.2) is 0 Å². The van der Waals surface area contributed by atoms with Crippen LogP contribution >= 0.6 is 0 Å². The highest BCUT2D eigenvalue weighted by molar-refractivity contribution is 5.80. The summed E-state index contributed by atoms with van der Waals surface area (Å²) in [4.78, 5) is 12.8. The standard InChI is InChI=1S/C23H31NO2/c1-5-6-15-24-21-13-8-7-12-20(21)17-22(23(24)25)26-16-14-19(4)11-9-10-18(2)3/h7-8,10,12-14,17H,5-6,9,11,15-16H2,1-4H3/b19-14+. The Morgan fingerprint density at radius 3 is 2.65 bits per heavy atom. The monoisotopic (exact) mass is 353 g/mol. The van der Waals surface area contributed by atoms with Crippen molar-refractivity contribution in [1.82, 2.24) is 4.57 Å². The van der Waals surface area contributed by atoms with Crippen LogP contribution in [0.25, 0.3) is 10.9 Å². The van der Waals surface area contributed by atoms with Crippen LogP contribution < -0.4 is 10.3 Å². The second-order valence-corrected chi connectivity index (χ2v) is 7.06. The number of allylic oxidation sites excluding steroid dienone is 3. The van der Waals surface area contributed by atoms with Gasteiger partial charge < -0.3 is 9.30 Å². The zero-order valence-corrected chi connectivity index (χ0v) is 16.5. The van der Waals surface area contributed by atoms with Gasteiger partial charge in [-0.3, -0.25) is 4.79 Å². The summed E-state index contributed by atoms with van der Waals surface area (Å²) in [5.41, 5.74) is 3.58. The lowest BCUT2D eigenvalue weighted by atomic mass is 10.1. The minimum atomic E-state index is -0.0345. The maximum absolute atomic E-state index is 12.8. The molecule has 1 aromatic heterocycles. The fourth-order valence-electron chi connectivity index (χ4n) is 2.91. The highest BCUT2D eigenvalue weighted by atomic mass is 16.5. The van der Waals surface area contributed by atoms with Crippen molar-refractivity contribution in [3.05, 3.63) is 64.0 Å². The Morgan fingerprint density at radius 2 is 1.92 bits per heavy atom. The third kappa shape index (κ3) is 5.62. The van der Waals surface area contributed by atoms with E-state index >= 15 is 0 Å². The quantitative estimate of drug-likeness (QED) is 0.528. The first-order chi connectivity index (χ1) is 12.5. The van der Waals surface area contributed by atoms with Crippen LogP contribution in [0.2, 0.25) is 0 Å². The summed E-state index contributed by atoms with van der Waals surface area (Å²) in [6, 6.07) is 9.87. The van der Waals surface area contributed by atoms with E-state index in [-0.39, 0.29) is 5.56 Å². The van der Waals surface area contributed by atoms with Crippen molar-refractivity contribution < 1.29 is 4.74 Å². The van der Waals surface area contributed by atoms with Crippen LogP contribution in [-0.4, -0.2) is 11.2 Å². The van der Waals surface area contributed by atoms with Crippen molar-refractivity contribution in [2.45, 2.75) is 59.9 Å². The molecule has 0 aliphatic rings. The second kappa shape index (κ2) is 10.0. The van der Waals surface area contributed by atoms with Crippen molar-refractivity contribution in [2.75, 3.05) is 6.61 Å². The number of nitrogens with zero attached hydrogens (tertiary/aromatic N) is 1. The number of fused-ring (bicyclic) bond motifs is 1. The second-order valence-electron chi connectivity index (χ2n) is 7.06. The summed E-state index contributed by atoms with van der Waals surface area (Å²) in [5.74, 6) is 0.438. The van der Waals surface area contributed by atoms with Gasteiger partial charge in [0.2, 0.25) is 0 Å². The Bertz CT molecular complexity index is 839. The summed E-state index contributed by atoms with van der Waals surface area (Å²) in [6.07, 6.45) is 8.42. The third-order valence-corrected chi connectivity index (χ3v) is 4.47. The third-order valence-electron chi connectivity index (χ3n) is 4.47. The normalized spacial score (nSPS) is 11.6. The van der Waals surface area contributed by atoms with E-state index in [1.54, 1.807) is 0 Å². The first-order valence-corrected chi connectivity index (χ1v) is 9.57. The number of hydrogen-bond acceptors (Lipinski definition) is 2. The molecule has 0 saturated carbocycles. The smallest absolute Gasteiger partial charge is 0.293 e. The van der Waals surface area contributed by atoms with Crippen LogP contribution in [-0.2, 0) is 6.54 Å². The van der Waals surface area contributed by atoms with Crippen LogP contribution in [0.4, 0.5) is 0 Å². The molecule has 0 N–H and O–H groups in total. The molecule has 3 heteroatoms. The number of aromatic nitrogens is 1. The molecule has 0 radical (unpaired) electrons. The number of benzene rings is 1. The van der Waals surface area contributed by atoms with E-state index in [4.69, 9.17) is 4.74 Å². The first kappa shape index (κ1) is 20.0. The summed E-state index contributed by atoms with van der Waals surface area (Å²) in [6.45, 7) is 9.64. The molecule has 0 unspecified atom stereocenters. The molecule has 0 spiro atoms. The van der Waals surface area contributed by atoms with E-state index in [9.17, 15) is 4.79 Å². The largest absolute Gasteiger partial charge is 0.484 e. The Morgan fingerprint density at radius 1 is 1.15 bits per heavy atom. The van der Waals surface area contributed by atoms with Gasteiger partial charge in [-0.15, -0.1) is 0 Å². The number of hydrogen-bond donors (Lipinski definition) is 0. The summed E-state index contributed by atoms with van der Waals surface area (Å²) in [7, 11) is 0. The number of pyridine rings is 1. The lowest BCUT2D eigenvalue weighted by Gasteiger charge is -2.13.